The molecule has 1 aliphatic heterocycles. The number of carbonyl (C=O) groups is 1. The molecule has 1 amide bonds. The second-order valence-electron chi connectivity index (χ2n) is 6.87. The number of rotatable bonds is 6. The maximum atomic E-state index is 15.2. The first-order valence-corrected chi connectivity index (χ1v) is 10.6. The van der Waals surface area contributed by atoms with Crippen LogP contribution in [0.3, 0.4) is 0 Å². The molecule has 0 aromatic heterocycles. The van der Waals surface area contributed by atoms with E-state index in [2.05, 4.69) is 22.7 Å². The number of piperazine rings is 1. The van der Waals surface area contributed by atoms with E-state index < -0.39 is 34.3 Å². The molecule has 168 valence electrons. The third kappa shape index (κ3) is 4.97. The molecule has 11 heteroatoms. The zero-order valence-electron chi connectivity index (χ0n) is 16.8. The lowest BCUT2D eigenvalue weighted by Gasteiger charge is -2.35. The number of nitrogens with zero attached hydrogens (tertiary/aromatic N) is 4. The number of amides is 1. The number of carbonyl (C=O) groups excluding carboxylic acids is 1. The summed E-state index contributed by atoms with van der Waals surface area (Å²) < 4.78 is 47.5. The van der Waals surface area contributed by atoms with Crippen molar-refractivity contribution in [2.75, 3.05) is 26.2 Å². The maximum Gasteiger partial charge on any atom is 0.246 e. The fraction of sp³-hybridized carbons (Fsp3) is 0.238. The Balaban J connectivity index is 1.80. The number of benzene rings is 1. The number of allylic oxidation sites excluding steroid dienone is 4. The average molecular weight is 483 g/mol. The average Bonchev–Trinajstić information content (AvgIpc) is 2.80. The van der Waals surface area contributed by atoms with Gasteiger partial charge in [0.15, 0.2) is 17.5 Å². The van der Waals surface area contributed by atoms with Gasteiger partial charge in [0, 0.05) is 66.8 Å². The molecule has 0 unspecified atom stereocenters. The lowest BCUT2D eigenvalue weighted by atomic mass is 9.96. The molecule has 3 rings (SSSR count). The molecule has 0 bridgehead atoms. The Bertz CT molecular complexity index is 1080. The molecule has 0 N–H and O–H groups in total. The molecule has 1 aliphatic carbocycles. The van der Waals surface area contributed by atoms with Crippen LogP contribution in [0.1, 0.15) is 12.0 Å². The molecule has 32 heavy (non-hydrogen) atoms. The number of nitroso groups, excluding NO2 is 1. The van der Waals surface area contributed by atoms with Crippen molar-refractivity contribution >= 4 is 46.4 Å². The van der Waals surface area contributed by atoms with Crippen molar-refractivity contribution < 1.29 is 18.0 Å². The zero-order valence-corrected chi connectivity index (χ0v) is 18.4. The van der Waals surface area contributed by atoms with Crippen LogP contribution in [0.25, 0.3) is 5.57 Å². The first kappa shape index (κ1) is 23.8. The summed E-state index contributed by atoms with van der Waals surface area (Å²) in [5, 5.41) is 3.00. The van der Waals surface area contributed by atoms with E-state index in [4.69, 9.17) is 11.6 Å². The maximum absolute atomic E-state index is 15.2. The minimum atomic E-state index is -1.35. The summed E-state index contributed by atoms with van der Waals surface area (Å²) in [6.07, 6.45) is 2.71. The van der Waals surface area contributed by atoms with Crippen LogP contribution in [-0.4, -0.2) is 47.6 Å². The Hall–Kier alpha value is -2.85. The zero-order chi connectivity index (χ0) is 23.4. The largest absolute Gasteiger partial charge is 0.362 e. The third-order valence-corrected chi connectivity index (χ3v) is 6.08. The molecule has 1 heterocycles. The summed E-state index contributed by atoms with van der Waals surface area (Å²) in [5.41, 5.74) is -1.36. The molecule has 1 fully saturated rings. The van der Waals surface area contributed by atoms with Crippen LogP contribution >= 0.6 is 23.5 Å². The topological polar surface area (TPSA) is 65.3 Å². The van der Waals surface area contributed by atoms with Crippen LogP contribution in [0.5, 0.6) is 0 Å². The van der Waals surface area contributed by atoms with E-state index in [0.717, 1.165) is 18.0 Å². The van der Waals surface area contributed by atoms with Gasteiger partial charge in [0.2, 0.25) is 5.91 Å². The van der Waals surface area contributed by atoms with Gasteiger partial charge in [-0.05, 0) is 17.3 Å². The molecule has 0 atom stereocenters. The van der Waals surface area contributed by atoms with Gasteiger partial charge in [-0.25, -0.2) is 17.6 Å². The Morgan fingerprint density at radius 1 is 1.16 bits per heavy atom. The first-order valence-electron chi connectivity index (χ1n) is 9.44. The molecular formula is C21H18ClF3N4O2S. The predicted octanol–water partition coefficient (Wildman–Crippen LogP) is 5.46. The lowest BCUT2D eigenvalue weighted by Crippen LogP contribution is -2.47. The highest BCUT2D eigenvalue weighted by Crippen LogP contribution is 2.39. The minimum Gasteiger partial charge on any atom is -0.362 e. The Labute approximate surface area is 191 Å². The van der Waals surface area contributed by atoms with Crippen LogP contribution in [0.4, 0.5) is 18.9 Å². The van der Waals surface area contributed by atoms with Crippen molar-refractivity contribution in [1.29, 1.82) is 0 Å². The Morgan fingerprint density at radius 2 is 1.81 bits per heavy atom. The first-order chi connectivity index (χ1) is 15.3. The van der Waals surface area contributed by atoms with Gasteiger partial charge in [-0.1, -0.05) is 30.8 Å². The fourth-order valence-electron chi connectivity index (χ4n) is 3.23. The van der Waals surface area contributed by atoms with Gasteiger partial charge < -0.3 is 9.80 Å². The highest BCUT2D eigenvalue weighted by Gasteiger charge is 2.27. The third-order valence-electron chi connectivity index (χ3n) is 4.95. The van der Waals surface area contributed by atoms with Gasteiger partial charge in [0.1, 0.15) is 5.69 Å². The summed E-state index contributed by atoms with van der Waals surface area (Å²) in [4.78, 5) is 26.0. The van der Waals surface area contributed by atoms with Crippen LogP contribution < -0.4 is 0 Å². The fourth-order valence-corrected chi connectivity index (χ4v) is 4.16. The monoisotopic (exact) mass is 482 g/mol. The molecule has 0 saturated carbocycles. The Morgan fingerprint density at radius 3 is 2.44 bits per heavy atom. The van der Waals surface area contributed by atoms with Crippen molar-refractivity contribution in [2.24, 2.45) is 9.57 Å². The molecular weight excluding hydrogens is 465 g/mol. The van der Waals surface area contributed by atoms with Crippen LogP contribution in [0, 0.1) is 16.5 Å². The summed E-state index contributed by atoms with van der Waals surface area (Å²) in [6, 6.07) is 1.54. The summed E-state index contributed by atoms with van der Waals surface area (Å²) in [5.74, 6) is -3.77. The van der Waals surface area contributed by atoms with E-state index in [1.54, 1.807) is 4.90 Å². The predicted molar refractivity (Wildman–Crippen MR) is 121 cm³/mol. The number of halogens is 4. The van der Waals surface area contributed by atoms with Crippen molar-refractivity contribution in [2.45, 2.75) is 6.42 Å². The standard InChI is InChI=1S/C21H18ClF3N4O2S/c1-3-18(30)29-8-6-28(7-9-29)12(2)32-27-17-5-4-15(22)19(21(17)25)14-10-13(26-31)11-16(23)20(14)24/h3-4,10-11H,1-2,5-9H2/b27-17+. The normalized spacial score (nSPS) is 18.0. The smallest absolute Gasteiger partial charge is 0.246 e. The molecule has 0 radical (unpaired) electrons. The van der Waals surface area contributed by atoms with Crippen molar-refractivity contribution in [1.82, 2.24) is 9.80 Å². The van der Waals surface area contributed by atoms with Crippen molar-refractivity contribution in [3.8, 4) is 0 Å². The second kappa shape index (κ2) is 10.2. The molecule has 1 aromatic carbocycles. The van der Waals surface area contributed by atoms with Crippen LogP contribution in [0.2, 0.25) is 0 Å². The van der Waals surface area contributed by atoms with E-state index in [9.17, 15) is 18.5 Å². The second-order valence-corrected chi connectivity index (χ2v) is 8.11. The van der Waals surface area contributed by atoms with Gasteiger partial charge >= 0.3 is 0 Å². The van der Waals surface area contributed by atoms with Crippen LogP contribution in [-0.2, 0) is 4.79 Å². The number of hydrogen-bond donors (Lipinski definition) is 0. The van der Waals surface area contributed by atoms with E-state index >= 15 is 4.39 Å². The molecule has 1 aromatic rings. The highest BCUT2D eigenvalue weighted by atomic mass is 35.5. The number of hydrogen-bond acceptors (Lipinski definition) is 6. The quantitative estimate of drug-likeness (QED) is 0.307. The van der Waals surface area contributed by atoms with Gasteiger partial charge in [0.05, 0.1) is 10.7 Å². The van der Waals surface area contributed by atoms with Gasteiger partial charge in [-0.3, -0.25) is 4.79 Å². The lowest BCUT2D eigenvalue weighted by molar-refractivity contribution is -0.127. The molecule has 2 aliphatic rings. The van der Waals surface area contributed by atoms with E-state index in [1.165, 1.54) is 12.2 Å². The van der Waals surface area contributed by atoms with Gasteiger partial charge in [0.25, 0.3) is 0 Å². The van der Waals surface area contributed by atoms with Crippen molar-refractivity contribution in [3.63, 3.8) is 0 Å². The van der Waals surface area contributed by atoms with E-state index in [1.807, 2.05) is 4.90 Å². The van der Waals surface area contributed by atoms with Gasteiger partial charge in [-0.15, -0.1) is 4.91 Å². The van der Waals surface area contributed by atoms with Gasteiger partial charge in [-0.2, -0.15) is 0 Å². The Kier molecular flexibility index (Phi) is 7.57. The van der Waals surface area contributed by atoms with E-state index in [-0.39, 0.29) is 23.1 Å². The molecule has 6 nitrogen and oxygen atoms in total. The summed E-state index contributed by atoms with van der Waals surface area (Å²) in [7, 11) is 0. The summed E-state index contributed by atoms with van der Waals surface area (Å²) >= 11 is 7.01. The van der Waals surface area contributed by atoms with Crippen molar-refractivity contribution in [3.05, 3.63) is 75.4 Å². The molecule has 0 spiro atoms. The van der Waals surface area contributed by atoms with E-state index in [0.29, 0.717) is 37.3 Å². The highest BCUT2D eigenvalue weighted by molar-refractivity contribution is 8.01. The molecule has 1 saturated heterocycles. The summed E-state index contributed by atoms with van der Waals surface area (Å²) in [6.45, 7) is 9.45. The SMILES string of the molecule is C=CC(=O)N1CCN(C(=C)S/N=C2\CC=C(Cl)C(c3cc(N=O)cc(F)c3F)=C2F)CC1. The minimum absolute atomic E-state index is 0.0335. The van der Waals surface area contributed by atoms with Crippen LogP contribution in [0.15, 0.2) is 62.9 Å².